The van der Waals surface area contributed by atoms with Crippen LogP contribution in [0.4, 0.5) is 0 Å². The zero-order valence-corrected chi connectivity index (χ0v) is 17.9. The van der Waals surface area contributed by atoms with Crippen LogP contribution in [0.3, 0.4) is 0 Å². The van der Waals surface area contributed by atoms with Crippen molar-refractivity contribution in [3.63, 3.8) is 0 Å². The van der Waals surface area contributed by atoms with Crippen LogP contribution in [0.2, 0.25) is 5.28 Å². The highest BCUT2D eigenvalue weighted by molar-refractivity contribution is 6.28. The van der Waals surface area contributed by atoms with Crippen molar-refractivity contribution in [1.29, 1.82) is 0 Å². The van der Waals surface area contributed by atoms with Crippen molar-refractivity contribution in [3.8, 4) is 0 Å². The highest BCUT2D eigenvalue weighted by Gasteiger charge is 2.17. The standard InChI is InChI=1S/C20H23ClN8O2/c1-2-3-10-27-17-16(22-19(21)23-17)18(30)28(20(27)31)11-7-12-29-15(24-25-26-29)13-14-8-5-4-6-9-14/h4-6,8-9H,2-3,7,10-13H2,1H3,(H,22,23). The van der Waals surface area contributed by atoms with Crippen molar-refractivity contribution in [2.24, 2.45) is 0 Å². The zero-order valence-electron chi connectivity index (χ0n) is 17.2. The number of hydrogen-bond donors (Lipinski definition) is 1. The van der Waals surface area contributed by atoms with Crippen LogP contribution in [0.5, 0.6) is 0 Å². The predicted octanol–water partition coefficient (Wildman–Crippen LogP) is 2.01. The summed E-state index contributed by atoms with van der Waals surface area (Å²) in [7, 11) is 0. The molecule has 11 heteroatoms. The van der Waals surface area contributed by atoms with E-state index in [9.17, 15) is 9.59 Å². The smallest absolute Gasteiger partial charge is 0.323 e. The molecule has 162 valence electrons. The fourth-order valence-corrected chi connectivity index (χ4v) is 3.71. The van der Waals surface area contributed by atoms with E-state index in [4.69, 9.17) is 11.6 Å². The SMILES string of the molecule is CCCCn1c(=O)n(CCCn2nnnc2Cc2ccccc2)c(=O)c2[nH]c(Cl)nc21. The van der Waals surface area contributed by atoms with E-state index in [0.29, 0.717) is 31.6 Å². The van der Waals surface area contributed by atoms with Crippen LogP contribution in [0.1, 0.15) is 37.6 Å². The van der Waals surface area contributed by atoms with Crippen molar-refractivity contribution in [1.82, 2.24) is 39.3 Å². The Morgan fingerprint density at radius 1 is 1.03 bits per heavy atom. The number of nitrogens with zero attached hydrogens (tertiary/aromatic N) is 7. The predicted molar refractivity (Wildman–Crippen MR) is 116 cm³/mol. The second-order valence-corrected chi connectivity index (χ2v) is 7.66. The lowest BCUT2D eigenvalue weighted by Gasteiger charge is -2.11. The summed E-state index contributed by atoms with van der Waals surface area (Å²) >= 11 is 5.97. The van der Waals surface area contributed by atoms with Crippen LogP contribution < -0.4 is 11.2 Å². The number of hydrogen-bond acceptors (Lipinski definition) is 6. The lowest BCUT2D eigenvalue weighted by molar-refractivity contribution is 0.475. The van der Waals surface area contributed by atoms with E-state index in [2.05, 4.69) is 25.5 Å². The van der Waals surface area contributed by atoms with Gasteiger partial charge in [0.25, 0.3) is 5.56 Å². The number of benzene rings is 1. The molecule has 0 aliphatic rings. The summed E-state index contributed by atoms with van der Waals surface area (Å²) in [6, 6.07) is 9.93. The summed E-state index contributed by atoms with van der Waals surface area (Å²) in [5.74, 6) is 0.731. The quantitative estimate of drug-likeness (QED) is 0.396. The van der Waals surface area contributed by atoms with Crippen molar-refractivity contribution in [2.75, 3.05) is 0 Å². The summed E-state index contributed by atoms with van der Waals surface area (Å²) in [6.07, 6.45) is 2.83. The summed E-state index contributed by atoms with van der Waals surface area (Å²) in [5, 5.41) is 12.0. The van der Waals surface area contributed by atoms with Crippen molar-refractivity contribution >= 4 is 22.8 Å². The van der Waals surface area contributed by atoms with Gasteiger partial charge in [0, 0.05) is 26.1 Å². The number of aromatic nitrogens is 8. The Morgan fingerprint density at radius 2 is 1.81 bits per heavy atom. The minimum absolute atomic E-state index is 0.0914. The van der Waals surface area contributed by atoms with Crippen molar-refractivity contribution in [2.45, 2.75) is 52.2 Å². The number of fused-ring (bicyclic) bond motifs is 1. The first-order valence-corrected chi connectivity index (χ1v) is 10.6. The number of aromatic amines is 1. The van der Waals surface area contributed by atoms with Gasteiger partial charge in [-0.05, 0) is 40.4 Å². The topological polar surface area (TPSA) is 116 Å². The first-order valence-electron chi connectivity index (χ1n) is 10.3. The van der Waals surface area contributed by atoms with E-state index in [1.807, 2.05) is 37.3 Å². The molecule has 0 fully saturated rings. The Kier molecular flexibility index (Phi) is 6.26. The third-order valence-corrected chi connectivity index (χ3v) is 5.31. The first-order chi connectivity index (χ1) is 15.1. The molecular formula is C20H23ClN8O2. The number of unbranched alkanes of at least 4 members (excludes halogenated alkanes) is 1. The number of rotatable bonds is 9. The minimum Gasteiger partial charge on any atom is -0.323 e. The van der Waals surface area contributed by atoms with Crippen LogP contribution in [0.15, 0.2) is 39.9 Å². The molecule has 0 aliphatic heterocycles. The summed E-state index contributed by atoms with van der Waals surface area (Å²) in [5.41, 5.74) is 0.849. The van der Waals surface area contributed by atoms with Crippen molar-refractivity contribution in [3.05, 3.63) is 67.8 Å². The van der Waals surface area contributed by atoms with Gasteiger partial charge in [0.2, 0.25) is 5.28 Å². The van der Waals surface area contributed by atoms with E-state index in [0.717, 1.165) is 24.2 Å². The molecule has 0 saturated heterocycles. The van der Waals surface area contributed by atoms with Crippen LogP contribution in [0.25, 0.3) is 11.2 Å². The molecule has 3 aromatic heterocycles. The second-order valence-electron chi connectivity index (χ2n) is 7.30. The van der Waals surface area contributed by atoms with E-state index in [-0.39, 0.29) is 23.0 Å². The zero-order chi connectivity index (χ0) is 21.8. The Hall–Kier alpha value is -3.27. The molecule has 0 bridgehead atoms. The molecule has 3 heterocycles. The van der Waals surface area contributed by atoms with Crippen LogP contribution in [-0.4, -0.2) is 39.3 Å². The monoisotopic (exact) mass is 442 g/mol. The van der Waals surface area contributed by atoms with Gasteiger partial charge in [-0.3, -0.25) is 13.9 Å². The molecule has 0 unspecified atom stereocenters. The Balaban J connectivity index is 1.54. The van der Waals surface area contributed by atoms with Crippen LogP contribution in [0, 0.1) is 0 Å². The Bertz CT molecular complexity index is 1290. The van der Waals surface area contributed by atoms with Gasteiger partial charge in [-0.15, -0.1) is 5.10 Å². The fraction of sp³-hybridized carbons (Fsp3) is 0.400. The highest BCUT2D eigenvalue weighted by atomic mass is 35.5. The molecule has 0 spiro atoms. The van der Waals surface area contributed by atoms with E-state index in [1.54, 1.807) is 4.68 Å². The minimum atomic E-state index is -0.423. The van der Waals surface area contributed by atoms with Gasteiger partial charge in [0.1, 0.15) is 0 Å². The maximum Gasteiger partial charge on any atom is 0.332 e. The number of aryl methyl sites for hydroxylation is 2. The summed E-state index contributed by atoms with van der Waals surface area (Å²) in [4.78, 5) is 32.8. The second kappa shape index (κ2) is 9.25. The molecule has 31 heavy (non-hydrogen) atoms. The molecule has 4 rings (SSSR count). The Morgan fingerprint density at radius 3 is 2.58 bits per heavy atom. The number of halogens is 1. The van der Waals surface area contributed by atoms with Gasteiger partial charge in [0.15, 0.2) is 17.0 Å². The van der Waals surface area contributed by atoms with Gasteiger partial charge < -0.3 is 4.98 Å². The largest absolute Gasteiger partial charge is 0.332 e. The normalized spacial score (nSPS) is 11.4. The third-order valence-electron chi connectivity index (χ3n) is 5.13. The molecule has 0 aliphatic carbocycles. The van der Waals surface area contributed by atoms with Crippen molar-refractivity contribution < 1.29 is 0 Å². The number of tetrazole rings is 1. The number of nitrogens with one attached hydrogen (secondary N) is 1. The van der Waals surface area contributed by atoms with Gasteiger partial charge in [-0.2, -0.15) is 4.98 Å². The fourth-order valence-electron chi connectivity index (χ4n) is 3.53. The summed E-state index contributed by atoms with van der Waals surface area (Å²) < 4.78 is 4.45. The lowest BCUT2D eigenvalue weighted by atomic mass is 10.1. The Labute approximate surface area is 182 Å². The molecule has 0 amide bonds. The van der Waals surface area contributed by atoms with Gasteiger partial charge >= 0.3 is 5.69 Å². The maximum absolute atomic E-state index is 13.0. The molecule has 0 atom stereocenters. The molecule has 1 N–H and O–H groups in total. The van der Waals surface area contributed by atoms with Crippen LogP contribution in [-0.2, 0) is 26.1 Å². The number of H-pyrrole nitrogens is 1. The van der Waals surface area contributed by atoms with Gasteiger partial charge in [-0.25, -0.2) is 9.48 Å². The number of imidazole rings is 1. The first kappa shape index (κ1) is 21.0. The lowest BCUT2D eigenvalue weighted by Crippen LogP contribution is -2.40. The van der Waals surface area contributed by atoms with E-state index >= 15 is 0 Å². The van der Waals surface area contributed by atoms with Gasteiger partial charge in [0.05, 0.1) is 0 Å². The average molecular weight is 443 g/mol. The highest BCUT2D eigenvalue weighted by Crippen LogP contribution is 2.11. The average Bonchev–Trinajstić information content (AvgIpc) is 3.37. The molecule has 1 aromatic carbocycles. The molecular weight excluding hydrogens is 420 g/mol. The van der Waals surface area contributed by atoms with E-state index < -0.39 is 5.56 Å². The van der Waals surface area contributed by atoms with E-state index in [1.165, 1.54) is 9.13 Å². The molecule has 0 saturated carbocycles. The third kappa shape index (κ3) is 4.43. The molecule has 0 radical (unpaired) electrons. The van der Waals surface area contributed by atoms with Crippen LogP contribution >= 0.6 is 11.6 Å². The molecule has 4 aromatic rings. The molecule has 10 nitrogen and oxygen atoms in total. The van der Waals surface area contributed by atoms with Gasteiger partial charge in [-0.1, -0.05) is 43.7 Å². The maximum atomic E-state index is 13.0. The summed E-state index contributed by atoms with van der Waals surface area (Å²) in [6.45, 7) is 3.23.